The first-order valence-corrected chi connectivity index (χ1v) is 10.6. The van der Waals surface area contributed by atoms with Gasteiger partial charge in [0.05, 0.1) is 10.6 Å². The lowest BCUT2D eigenvalue weighted by atomic mass is 10.1. The van der Waals surface area contributed by atoms with Gasteiger partial charge in [-0.2, -0.15) is 17.9 Å². The summed E-state index contributed by atoms with van der Waals surface area (Å²) in [4.78, 5) is 16.2. The summed E-state index contributed by atoms with van der Waals surface area (Å²) in [6.45, 7) is 2.48. The summed E-state index contributed by atoms with van der Waals surface area (Å²) in [5.74, 6) is 0.344. The fourth-order valence-electron chi connectivity index (χ4n) is 3.02. The lowest BCUT2D eigenvalue weighted by Gasteiger charge is -2.34. The first-order chi connectivity index (χ1) is 13.6. The number of aromatic nitrogens is 2. The average molecular weight is 450 g/mol. The average Bonchev–Trinajstić information content (AvgIpc) is 3.08. The smallest absolute Gasteiger partial charge is 0.320 e. The maximum atomic E-state index is 12.8. The van der Waals surface area contributed by atoms with Gasteiger partial charge in [0.1, 0.15) is 11.0 Å². The second-order valence-corrected chi connectivity index (χ2v) is 8.08. The highest BCUT2D eigenvalue weighted by atomic mass is 35.5. The summed E-state index contributed by atoms with van der Waals surface area (Å²) in [5.41, 5.74) is -0.170. The topological polar surface area (TPSA) is 70.5 Å². The van der Waals surface area contributed by atoms with E-state index in [1.54, 1.807) is 11.0 Å². The molecule has 1 aromatic heterocycles. The molecule has 2 heterocycles. The molecule has 1 N–H and O–H groups in total. The van der Waals surface area contributed by atoms with Crippen molar-refractivity contribution in [1.82, 2.24) is 19.6 Å². The van der Waals surface area contributed by atoms with Crippen LogP contribution in [-0.2, 0) is 23.7 Å². The van der Waals surface area contributed by atoms with Gasteiger partial charge in [-0.15, -0.1) is 5.10 Å². The van der Waals surface area contributed by atoms with Gasteiger partial charge in [0.2, 0.25) is 0 Å². The molecule has 1 aliphatic heterocycles. The van der Waals surface area contributed by atoms with Gasteiger partial charge in [0.25, 0.3) is 0 Å². The van der Waals surface area contributed by atoms with Crippen molar-refractivity contribution in [3.8, 4) is 0 Å². The summed E-state index contributed by atoms with van der Waals surface area (Å²) < 4.78 is 53.4. The summed E-state index contributed by atoms with van der Waals surface area (Å²) in [6.07, 6.45) is -1.52. The Bertz CT molecular complexity index is 913. The predicted octanol–water partition coefficient (Wildman–Crippen LogP) is 3.05. The number of carbonyl (C=O) groups excluding carboxylic acids is 1. The molecule has 1 aliphatic rings. The molecule has 1 fully saturated rings. The van der Waals surface area contributed by atoms with E-state index in [2.05, 4.69) is 9.82 Å². The van der Waals surface area contributed by atoms with E-state index in [0.717, 1.165) is 6.07 Å². The van der Waals surface area contributed by atoms with Crippen LogP contribution < -0.4 is 4.72 Å². The van der Waals surface area contributed by atoms with Crippen LogP contribution in [0.4, 0.5) is 23.8 Å². The second-order valence-electron chi connectivity index (χ2n) is 6.56. The number of benzene rings is 1. The van der Waals surface area contributed by atoms with Gasteiger partial charge in [-0.3, -0.25) is 9.62 Å². The molecule has 7 nitrogen and oxygen atoms in total. The number of hydrogen-bond acceptors (Lipinski definition) is 4. The van der Waals surface area contributed by atoms with E-state index in [4.69, 9.17) is 11.6 Å². The van der Waals surface area contributed by atoms with Crippen molar-refractivity contribution in [2.45, 2.75) is 12.7 Å². The van der Waals surface area contributed by atoms with E-state index in [1.807, 2.05) is 4.90 Å². The molecule has 1 unspecified atom stereocenters. The van der Waals surface area contributed by atoms with Gasteiger partial charge >= 0.3 is 12.2 Å². The monoisotopic (exact) mass is 449 g/mol. The standard InChI is InChI=1S/C17H19ClF3N5O2S/c1-29(28)23-15-4-5-26(22-15)16(27)25-8-6-24(7-9-25)11-12-2-3-13(14(18)10-12)17(19,20)21/h2-5,10H,6-9,11H2,1H3,(H,22,23). The Kier molecular flexibility index (Phi) is 6.49. The number of anilines is 1. The van der Waals surface area contributed by atoms with Crippen LogP contribution >= 0.6 is 11.6 Å². The first kappa shape index (κ1) is 21.6. The van der Waals surface area contributed by atoms with Crippen LogP contribution in [0.1, 0.15) is 11.1 Å². The molecule has 0 bridgehead atoms. The molecule has 1 atom stereocenters. The van der Waals surface area contributed by atoms with Crippen molar-refractivity contribution in [3.05, 3.63) is 46.6 Å². The molecule has 29 heavy (non-hydrogen) atoms. The van der Waals surface area contributed by atoms with Gasteiger partial charge in [0.15, 0.2) is 5.82 Å². The summed E-state index contributed by atoms with van der Waals surface area (Å²) in [7, 11) is -1.28. The van der Waals surface area contributed by atoms with Gasteiger partial charge in [-0.05, 0) is 17.7 Å². The molecule has 0 spiro atoms. The van der Waals surface area contributed by atoms with E-state index in [-0.39, 0.29) is 11.1 Å². The Balaban J connectivity index is 1.55. The largest absolute Gasteiger partial charge is 0.417 e. The van der Waals surface area contributed by atoms with Crippen molar-refractivity contribution in [2.24, 2.45) is 0 Å². The quantitative estimate of drug-likeness (QED) is 0.779. The van der Waals surface area contributed by atoms with E-state index in [1.165, 1.54) is 29.3 Å². The Morgan fingerprint density at radius 1 is 1.24 bits per heavy atom. The van der Waals surface area contributed by atoms with Crippen molar-refractivity contribution < 1.29 is 22.2 Å². The molecule has 12 heteroatoms. The summed E-state index contributed by atoms with van der Waals surface area (Å²) in [5, 5.41) is 3.73. The lowest BCUT2D eigenvalue weighted by molar-refractivity contribution is -0.137. The lowest BCUT2D eigenvalue weighted by Crippen LogP contribution is -2.49. The van der Waals surface area contributed by atoms with Gasteiger partial charge in [-0.1, -0.05) is 17.7 Å². The Morgan fingerprint density at radius 3 is 2.52 bits per heavy atom. The second kappa shape index (κ2) is 8.72. The zero-order valence-corrected chi connectivity index (χ0v) is 17.0. The summed E-state index contributed by atoms with van der Waals surface area (Å²) >= 11 is 5.77. The van der Waals surface area contributed by atoms with Crippen LogP contribution in [0.5, 0.6) is 0 Å². The molecule has 3 rings (SSSR count). The fourth-order valence-corrected chi connectivity index (χ4v) is 3.73. The Hall–Kier alpha value is -2.11. The number of nitrogens with one attached hydrogen (secondary N) is 1. The molecule has 1 aromatic carbocycles. The zero-order chi connectivity index (χ0) is 21.2. The Labute approximate surface area is 173 Å². The van der Waals surface area contributed by atoms with Crippen molar-refractivity contribution in [1.29, 1.82) is 0 Å². The minimum atomic E-state index is -4.48. The van der Waals surface area contributed by atoms with Crippen molar-refractivity contribution >= 4 is 34.4 Å². The van der Waals surface area contributed by atoms with Crippen molar-refractivity contribution in [3.63, 3.8) is 0 Å². The summed E-state index contributed by atoms with van der Waals surface area (Å²) in [6, 6.07) is 5.01. The molecule has 1 amide bonds. The SMILES string of the molecule is CS(=O)Nc1ccn(C(=O)N2CCN(Cc3ccc(C(F)(F)F)c(Cl)c3)CC2)n1. The molecule has 0 radical (unpaired) electrons. The van der Waals surface area contributed by atoms with E-state index >= 15 is 0 Å². The number of halogens is 4. The number of hydrogen-bond donors (Lipinski definition) is 1. The zero-order valence-electron chi connectivity index (χ0n) is 15.4. The van der Waals surface area contributed by atoms with Crippen LogP contribution in [0.3, 0.4) is 0 Å². The Morgan fingerprint density at radius 2 is 1.93 bits per heavy atom. The highest BCUT2D eigenvalue weighted by Crippen LogP contribution is 2.35. The third kappa shape index (κ3) is 5.49. The molecule has 0 saturated carbocycles. The molecular weight excluding hydrogens is 431 g/mol. The molecule has 0 aliphatic carbocycles. The van der Waals surface area contributed by atoms with Gasteiger partial charge in [0, 0.05) is 51.2 Å². The number of carbonyl (C=O) groups is 1. The van der Waals surface area contributed by atoms with E-state index in [9.17, 15) is 22.2 Å². The van der Waals surface area contributed by atoms with Crippen LogP contribution in [0.2, 0.25) is 5.02 Å². The normalized spacial score (nSPS) is 16.7. The van der Waals surface area contributed by atoms with Crippen LogP contribution in [0.25, 0.3) is 0 Å². The molecular formula is C17H19ClF3N5O2S. The minimum absolute atomic E-state index is 0.294. The maximum Gasteiger partial charge on any atom is 0.417 e. The molecule has 1 saturated heterocycles. The number of alkyl halides is 3. The predicted molar refractivity (Wildman–Crippen MR) is 104 cm³/mol. The van der Waals surface area contributed by atoms with Crippen molar-refractivity contribution in [2.75, 3.05) is 37.2 Å². The number of nitrogens with zero attached hydrogens (tertiary/aromatic N) is 4. The minimum Gasteiger partial charge on any atom is -0.320 e. The highest BCUT2D eigenvalue weighted by molar-refractivity contribution is 7.85. The number of amides is 1. The van der Waals surface area contributed by atoms with Crippen LogP contribution in [-0.4, -0.2) is 62.3 Å². The first-order valence-electron chi connectivity index (χ1n) is 8.66. The van der Waals surface area contributed by atoms with Gasteiger partial charge in [-0.25, -0.2) is 9.00 Å². The molecule has 158 valence electrons. The van der Waals surface area contributed by atoms with Crippen LogP contribution in [0.15, 0.2) is 30.5 Å². The van der Waals surface area contributed by atoms with Crippen LogP contribution in [0, 0.1) is 0 Å². The highest BCUT2D eigenvalue weighted by Gasteiger charge is 2.33. The molecule has 2 aromatic rings. The number of piperazine rings is 1. The fraction of sp³-hybridized carbons (Fsp3) is 0.412. The number of rotatable bonds is 4. The third-order valence-electron chi connectivity index (χ3n) is 4.42. The van der Waals surface area contributed by atoms with E-state index in [0.29, 0.717) is 44.1 Å². The third-order valence-corrected chi connectivity index (χ3v) is 5.23. The van der Waals surface area contributed by atoms with E-state index < -0.39 is 22.7 Å². The van der Waals surface area contributed by atoms with Gasteiger partial charge < -0.3 is 4.90 Å². The maximum absolute atomic E-state index is 12.8.